The highest BCUT2D eigenvalue weighted by atomic mass is 32.1. The fourth-order valence-corrected chi connectivity index (χ4v) is 4.36. The lowest BCUT2D eigenvalue weighted by Gasteiger charge is -2.50. The number of hydrogen-bond acceptors (Lipinski definition) is 2. The number of rotatable bonds is 2. The van der Waals surface area contributed by atoms with Gasteiger partial charge in [-0.1, -0.05) is 19.3 Å². The highest BCUT2D eigenvalue weighted by molar-refractivity contribution is 7.80. The van der Waals surface area contributed by atoms with Crippen LogP contribution in [0.4, 0.5) is 0 Å². The molecule has 0 spiro atoms. The Morgan fingerprint density at radius 1 is 0.952 bits per heavy atom. The zero-order chi connectivity index (χ0) is 15.7. The monoisotopic (exact) mass is 312 g/mol. The highest BCUT2D eigenvalue weighted by Gasteiger charge is 2.46. The summed E-state index contributed by atoms with van der Waals surface area (Å²) in [6, 6.07) is 0.795. The molecule has 1 radical (unpaired) electrons. The summed E-state index contributed by atoms with van der Waals surface area (Å²) < 4.78 is 0. The second kappa shape index (κ2) is 6.39. The van der Waals surface area contributed by atoms with Crippen LogP contribution < -0.4 is 10.6 Å². The molecule has 4 nitrogen and oxygen atoms in total. The normalized spacial score (nSPS) is 27.3. The van der Waals surface area contributed by atoms with Crippen molar-refractivity contribution < 1.29 is 5.21 Å². The van der Waals surface area contributed by atoms with E-state index in [9.17, 15) is 5.21 Å². The predicted octanol–water partition coefficient (Wildman–Crippen LogP) is 3.15. The molecule has 0 bridgehead atoms. The molecule has 1 saturated heterocycles. The lowest BCUT2D eigenvalue weighted by molar-refractivity contribution is -0.289. The molecule has 0 atom stereocenters. The topological polar surface area (TPSA) is 47.2 Å². The average Bonchev–Trinajstić information content (AvgIpc) is 2.36. The molecule has 2 N–H and O–H groups in total. The summed E-state index contributed by atoms with van der Waals surface area (Å²) in [5.74, 6) is 0. The van der Waals surface area contributed by atoms with E-state index in [4.69, 9.17) is 12.2 Å². The van der Waals surface area contributed by atoms with E-state index in [1.807, 2.05) is 27.7 Å². The van der Waals surface area contributed by atoms with Gasteiger partial charge < -0.3 is 10.6 Å². The molecule has 1 saturated carbocycles. The summed E-state index contributed by atoms with van der Waals surface area (Å²) in [4.78, 5) is 0. The summed E-state index contributed by atoms with van der Waals surface area (Å²) in [5.41, 5.74) is -0.695. The van der Waals surface area contributed by atoms with Gasteiger partial charge in [-0.3, -0.25) is 0 Å². The Balaban J connectivity index is 1.88. The maximum atomic E-state index is 12.4. The third-order valence-electron chi connectivity index (χ3n) is 4.87. The van der Waals surface area contributed by atoms with Gasteiger partial charge in [0.15, 0.2) is 5.11 Å². The van der Waals surface area contributed by atoms with Crippen LogP contribution in [0, 0.1) is 0 Å². The van der Waals surface area contributed by atoms with Crippen LogP contribution in [0.3, 0.4) is 0 Å². The Kier molecular flexibility index (Phi) is 5.16. The van der Waals surface area contributed by atoms with Gasteiger partial charge in [-0.15, -0.1) is 10.3 Å². The zero-order valence-electron chi connectivity index (χ0n) is 13.9. The highest BCUT2D eigenvalue weighted by Crippen LogP contribution is 2.36. The minimum atomic E-state index is -0.347. The number of nitrogens with zero attached hydrogens (tertiary/aromatic N) is 1. The fraction of sp³-hybridized carbons (Fsp3) is 0.938. The Morgan fingerprint density at radius 3 is 1.95 bits per heavy atom. The largest absolute Gasteiger partial charge is 0.360 e. The van der Waals surface area contributed by atoms with Crippen molar-refractivity contribution in [2.75, 3.05) is 0 Å². The maximum Gasteiger partial charge on any atom is 0.166 e. The van der Waals surface area contributed by atoms with Gasteiger partial charge in [0.2, 0.25) is 0 Å². The van der Waals surface area contributed by atoms with E-state index in [0.29, 0.717) is 6.04 Å². The summed E-state index contributed by atoms with van der Waals surface area (Å²) in [7, 11) is 0. The molecule has 2 fully saturated rings. The molecule has 1 heterocycles. The molecule has 121 valence electrons. The molecule has 0 aromatic rings. The third kappa shape index (κ3) is 4.30. The van der Waals surface area contributed by atoms with Gasteiger partial charge in [0.25, 0.3) is 0 Å². The molecule has 2 rings (SSSR count). The molecule has 0 unspecified atom stereocenters. The smallest absolute Gasteiger partial charge is 0.166 e. The Hall–Kier alpha value is -0.390. The first-order chi connectivity index (χ1) is 9.71. The SMILES string of the molecule is CC1(C)CC(NC(=S)NC2CCCCC2)CC(C)(C)N1[O]. The lowest BCUT2D eigenvalue weighted by atomic mass is 9.79. The summed E-state index contributed by atoms with van der Waals surface area (Å²) >= 11 is 5.48. The number of hydroxylamine groups is 2. The van der Waals surface area contributed by atoms with Gasteiger partial charge in [-0.25, -0.2) is 0 Å². The van der Waals surface area contributed by atoms with Crippen molar-refractivity contribution in [3.8, 4) is 0 Å². The maximum absolute atomic E-state index is 12.4. The van der Waals surface area contributed by atoms with Crippen molar-refractivity contribution in [1.29, 1.82) is 0 Å². The van der Waals surface area contributed by atoms with Gasteiger partial charge in [0.1, 0.15) is 0 Å². The average molecular weight is 313 g/mol. The third-order valence-corrected chi connectivity index (χ3v) is 5.10. The molecule has 21 heavy (non-hydrogen) atoms. The molecular formula is C16H30N3OS. The Morgan fingerprint density at radius 2 is 1.43 bits per heavy atom. The van der Waals surface area contributed by atoms with Crippen molar-refractivity contribution in [2.45, 2.75) is 95.8 Å². The van der Waals surface area contributed by atoms with Crippen LogP contribution in [-0.4, -0.2) is 33.3 Å². The first kappa shape index (κ1) is 17.0. The summed E-state index contributed by atoms with van der Waals surface area (Å²) in [6.45, 7) is 8.08. The summed E-state index contributed by atoms with van der Waals surface area (Å²) in [5, 5.41) is 21.3. The molecule has 1 aliphatic carbocycles. The number of thiocarbonyl (C=S) groups is 1. The quantitative estimate of drug-likeness (QED) is 0.769. The van der Waals surface area contributed by atoms with E-state index in [1.165, 1.54) is 37.2 Å². The molecule has 0 aromatic carbocycles. The van der Waals surface area contributed by atoms with Crippen molar-refractivity contribution in [3.63, 3.8) is 0 Å². The molecular weight excluding hydrogens is 282 g/mol. The van der Waals surface area contributed by atoms with Crippen LogP contribution in [0.25, 0.3) is 0 Å². The Bertz CT molecular complexity index is 360. The summed E-state index contributed by atoms with van der Waals surface area (Å²) in [6.07, 6.45) is 8.04. The van der Waals surface area contributed by atoms with E-state index in [0.717, 1.165) is 18.0 Å². The molecule has 1 aliphatic heterocycles. The van der Waals surface area contributed by atoms with E-state index < -0.39 is 0 Å². The first-order valence-electron chi connectivity index (χ1n) is 8.25. The van der Waals surface area contributed by atoms with Crippen LogP contribution >= 0.6 is 12.2 Å². The number of piperidine rings is 1. The lowest BCUT2D eigenvalue weighted by Crippen LogP contribution is -2.63. The minimum Gasteiger partial charge on any atom is -0.360 e. The first-order valence-corrected chi connectivity index (χ1v) is 8.66. The molecule has 2 aliphatic rings. The van der Waals surface area contributed by atoms with Crippen LogP contribution in [0.5, 0.6) is 0 Å². The van der Waals surface area contributed by atoms with E-state index in [2.05, 4.69) is 10.6 Å². The molecule has 0 aromatic heterocycles. The fourth-order valence-electron chi connectivity index (χ4n) is 4.02. The van der Waals surface area contributed by atoms with Crippen molar-refractivity contribution >= 4 is 17.3 Å². The second-order valence-corrected chi connectivity index (χ2v) is 8.39. The standard InChI is InChI=1S/C16H30N3OS/c1-15(2)10-13(11-16(3,4)19(15)20)18-14(21)17-12-8-6-5-7-9-12/h12-13H,5-11H2,1-4H3,(H2,17,18,21). The van der Waals surface area contributed by atoms with Gasteiger partial charge >= 0.3 is 0 Å². The van der Waals surface area contributed by atoms with Gasteiger partial charge in [-0.2, -0.15) is 0 Å². The van der Waals surface area contributed by atoms with Gasteiger partial charge in [0, 0.05) is 23.2 Å². The van der Waals surface area contributed by atoms with Crippen LogP contribution in [0.2, 0.25) is 0 Å². The molecule has 0 amide bonds. The number of hydrogen-bond donors (Lipinski definition) is 2. The molecule has 5 heteroatoms. The van der Waals surface area contributed by atoms with E-state index >= 15 is 0 Å². The second-order valence-electron chi connectivity index (χ2n) is 7.98. The van der Waals surface area contributed by atoms with Crippen molar-refractivity contribution in [2.24, 2.45) is 0 Å². The van der Waals surface area contributed by atoms with Crippen molar-refractivity contribution in [1.82, 2.24) is 15.7 Å². The predicted molar refractivity (Wildman–Crippen MR) is 89.4 cm³/mol. The van der Waals surface area contributed by atoms with Crippen LogP contribution in [-0.2, 0) is 5.21 Å². The van der Waals surface area contributed by atoms with Crippen LogP contribution in [0.1, 0.15) is 72.6 Å². The van der Waals surface area contributed by atoms with Gasteiger partial charge in [0.05, 0.1) is 0 Å². The minimum absolute atomic E-state index is 0.267. The van der Waals surface area contributed by atoms with Crippen LogP contribution in [0.15, 0.2) is 0 Å². The number of nitrogens with one attached hydrogen (secondary N) is 2. The van der Waals surface area contributed by atoms with Gasteiger partial charge in [-0.05, 0) is 65.6 Å². The van der Waals surface area contributed by atoms with Crippen molar-refractivity contribution in [3.05, 3.63) is 0 Å². The van der Waals surface area contributed by atoms with E-state index in [-0.39, 0.29) is 17.1 Å². The zero-order valence-corrected chi connectivity index (χ0v) is 14.7. The van der Waals surface area contributed by atoms with E-state index in [1.54, 1.807) is 0 Å². The Labute approximate surface area is 134 Å².